The van der Waals surface area contributed by atoms with Gasteiger partial charge in [0.2, 0.25) is 0 Å². The Morgan fingerprint density at radius 1 is 1.46 bits per heavy atom. The van der Waals surface area contributed by atoms with Crippen LogP contribution in [0.5, 0.6) is 0 Å². The second-order valence-electron chi connectivity index (χ2n) is 3.22. The van der Waals surface area contributed by atoms with Gasteiger partial charge >= 0.3 is 0 Å². The van der Waals surface area contributed by atoms with Gasteiger partial charge in [0, 0.05) is 13.6 Å². The number of nitriles is 1. The van der Waals surface area contributed by atoms with Gasteiger partial charge in [0.15, 0.2) is 0 Å². The fraction of sp³-hybridized carbons (Fsp3) is 0.182. The van der Waals surface area contributed by atoms with E-state index in [1.165, 1.54) is 5.56 Å². The van der Waals surface area contributed by atoms with Gasteiger partial charge in [-0.05, 0) is 29.5 Å². The van der Waals surface area contributed by atoms with Crippen LogP contribution in [0, 0.1) is 11.3 Å². The van der Waals surface area contributed by atoms with Crippen molar-refractivity contribution in [2.75, 3.05) is 7.05 Å². The van der Waals surface area contributed by atoms with Gasteiger partial charge in [-0.25, -0.2) is 0 Å². The van der Waals surface area contributed by atoms with Crippen molar-refractivity contribution in [2.24, 2.45) is 0 Å². The van der Waals surface area contributed by atoms with Gasteiger partial charge in [-0.3, -0.25) is 0 Å². The van der Waals surface area contributed by atoms with Gasteiger partial charge < -0.3 is 4.90 Å². The SMILES string of the molecule is CN1C=Cc2c(C#N)cccc2C1. The highest BCUT2D eigenvalue weighted by atomic mass is 15.1. The van der Waals surface area contributed by atoms with Crippen molar-refractivity contribution < 1.29 is 0 Å². The maximum absolute atomic E-state index is 8.86. The molecule has 2 heteroatoms. The smallest absolute Gasteiger partial charge is 0.0998 e. The summed E-state index contributed by atoms with van der Waals surface area (Å²) < 4.78 is 0. The zero-order chi connectivity index (χ0) is 9.26. The van der Waals surface area contributed by atoms with Crippen LogP contribution in [0.25, 0.3) is 6.08 Å². The molecule has 2 nitrogen and oxygen atoms in total. The minimum absolute atomic E-state index is 0.766. The molecule has 0 aliphatic carbocycles. The van der Waals surface area contributed by atoms with Crippen LogP contribution < -0.4 is 0 Å². The van der Waals surface area contributed by atoms with Gasteiger partial charge in [-0.1, -0.05) is 12.1 Å². The Kier molecular flexibility index (Phi) is 1.79. The third-order valence-corrected chi connectivity index (χ3v) is 2.23. The van der Waals surface area contributed by atoms with E-state index in [9.17, 15) is 0 Å². The molecule has 1 aromatic carbocycles. The molecule has 1 aromatic rings. The first kappa shape index (κ1) is 7.88. The number of hydrogen-bond acceptors (Lipinski definition) is 2. The summed E-state index contributed by atoms with van der Waals surface area (Å²) in [4.78, 5) is 2.10. The van der Waals surface area contributed by atoms with Crippen LogP contribution in [0.1, 0.15) is 16.7 Å². The summed E-state index contributed by atoms with van der Waals surface area (Å²) in [7, 11) is 2.03. The van der Waals surface area contributed by atoms with E-state index in [-0.39, 0.29) is 0 Å². The summed E-state index contributed by atoms with van der Waals surface area (Å²) in [5, 5.41) is 8.86. The van der Waals surface area contributed by atoms with E-state index in [0.29, 0.717) is 0 Å². The Labute approximate surface area is 77.7 Å². The lowest BCUT2D eigenvalue weighted by molar-refractivity contribution is 0.448. The molecule has 2 rings (SSSR count). The summed E-state index contributed by atoms with van der Waals surface area (Å²) in [6.07, 6.45) is 4.00. The van der Waals surface area contributed by atoms with Crippen LogP contribution in [0.15, 0.2) is 24.4 Å². The highest BCUT2D eigenvalue weighted by molar-refractivity contribution is 5.62. The fourth-order valence-electron chi connectivity index (χ4n) is 1.57. The zero-order valence-electron chi connectivity index (χ0n) is 7.49. The molecule has 0 spiro atoms. The van der Waals surface area contributed by atoms with E-state index in [2.05, 4.69) is 17.0 Å². The summed E-state index contributed by atoms with van der Waals surface area (Å²) >= 11 is 0. The van der Waals surface area contributed by atoms with Crippen LogP contribution in [-0.2, 0) is 6.54 Å². The molecule has 0 atom stereocenters. The van der Waals surface area contributed by atoms with E-state index in [1.54, 1.807) is 0 Å². The number of rotatable bonds is 0. The monoisotopic (exact) mass is 170 g/mol. The maximum Gasteiger partial charge on any atom is 0.0998 e. The molecule has 1 heterocycles. The highest BCUT2D eigenvalue weighted by Gasteiger charge is 2.10. The number of nitrogens with zero attached hydrogens (tertiary/aromatic N) is 2. The Morgan fingerprint density at radius 2 is 2.31 bits per heavy atom. The average molecular weight is 170 g/mol. The molecule has 0 aromatic heterocycles. The lowest BCUT2D eigenvalue weighted by Crippen LogP contribution is -2.14. The largest absolute Gasteiger partial charge is 0.376 e. The predicted octanol–water partition coefficient (Wildman–Crippen LogP) is 1.97. The van der Waals surface area contributed by atoms with E-state index in [4.69, 9.17) is 5.26 Å². The second kappa shape index (κ2) is 2.95. The highest BCUT2D eigenvalue weighted by Crippen LogP contribution is 2.21. The lowest BCUT2D eigenvalue weighted by atomic mass is 9.99. The minimum atomic E-state index is 0.766. The molecular weight excluding hydrogens is 160 g/mol. The second-order valence-corrected chi connectivity index (χ2v) is 3.22. The first-order chi connectivity index (χ1) is 6.31. The van der Waals surface area contributed by atoms with E-state index in [1.807, 2.05) is 31.5 Å². The Balaban J connectivity index is 2.57. The van der Waals surface area contributed by atoms with Crippen LogP contribution in [-0.4, -0.2) is 11.9 Å². The van der Waals surface area contributed by atoms with Crippen molar-refractivity contribution in [1.29, 1.82) is 5.26 Å². The Bertz CT molecular complexity index is 399. The molecule has 0 unspecified atom stereocenters. The summed E-state index contributed by atoms with van der Waals surface area (Å²) in [5.74, 6) is 0. The molecule has 0 bridgehead atoms. The van der Waals surface area contributed by atoms with Crippen molar-refractivity contribution in [3.63, 3.8) is 0 Å². The zero-order valence-corrected chi connectivity index (χ0v) is 7.49. The standard InChI is InChI=1S/C11H10N2/c1-13-6-5-11-9(7-12)3-2-4-10(11)8-13/h2-6H,8H2,1H3. The molecule has 0 N–H and O–H groups in total. The molecule has 64 valence electrons. The Morgan fingerprint density at radius 3 is 3.08 bits per heavy atom. The van der Waals surface area contributed by atoms with Crippen LogP contribution in [0.2, 0.25) is 0 Å². The van der Waals surface area contributed by atoms with Crippen molar-refractivity contribution in [3.05, 3.63) is 41.1 Å². The van der Waals surface area contributed by atoms with Gasteiger partial charge in [-0.2, -0.15) is 5.26 Å². The summed E-state index contributed by atoms with van der Waals surface area (Å²) in [6, 6.07) is 8.06. The number of benzene rings is 1. The summed E-state index contributed by atoms with van der Waals surface area (Å²) in [6.45, 7) is 0.890. The summed E-state index contributed by atoms with van der Waals surface area (Å²) in [5.41, 5.74) is 3.06. The molecule has 1 aliphatic rings. The fourth-order valence-corrected chi connectivity index (χ4v) is 1.57. The first-order valence-corrected chi connectivity index (χ1v) is 4.21. The van der Waals surface area contributed by atoms with Crippen molar-refractivity contribution in [1.82, 2.24) is 4.90 Å². The van der Waals surface area contributed by atoms with E-state index in [0.717, 1.165) is 17.7 Å². The van der Waals surface area contributed by atoms with Gasteiger partial charge in [0.25, 0.3) is 0 Å². The molecule has 0 saturated heterocycles. The molecule has 0 saturated carbocycles. The molecule has 1 aliphatic heterocycles. The van der Waals surface area contributed by atoms with Crippen LogP contribution in [0.3, 0.4) is 0 Å². The molecular formula is C11H10N2. The minimum Gasteiger partial charge on any atom is -0.376 e. The number of fused-ring (bicyclic) bond motifs is 1. The van der Waals surface area contributed by atoms with Crippen LogP contribution in [0.4, 0.5) is 0 Å². The maximum atomic E-state index is 8.86. The predicted molar refractivity (Wildman–Crippen MR) is 51.7 cm³/mol. The third kappa shape index (κ3) is 1.29. The normalized spacial score (nSPS) is 13.7. The molecule has 13 heavy (non-hydrogen) atoms. The quantitative estimate of drug-likeness (QED) is 0.595. The topological polar surface area (TPSA) is 27.0 Å². The Hall–Kier alpha value is -1.75. The average Bonchev–Trinajstić information content (AvgIpc) is 2.16. The molecule has 0 fully saturated rings. The van der Waals surface area contributed by atoms with Gasteiger partial charge in [0.05, 0.1) is 11.6 Å². The number of hydrogen-bond donors (Lipinski definition) is 0. The van der Waals surface area contributed by atoms with Crippen molar-refractivity contribution >= 4 is 6.08 Å². The first-order valence-electron chi connectivity index (χ1n) is 4.21. The van der Waals surface area contributed by atoms with Crippen molar-refractivity contribution in [3.8, 4) is 6.07 Å². The van der Waals surface area contributed by atoms with Gasteiger partial charge in [0.1, 0.15) is 0 Å². The third-order valence-electron chi connectivity index (χ3n) is 2.23. The van der Waals surface area contributed by atoms with E-state index < -0.39 is 0 Å². The molecule has 0 radical (unpaired) electrons. The lowest BCUT2D eigenvalue weighted by Gasteiger charge is -2.21. The van der Waals surface area contributed by atoms with Gasteiger partial charge in [-0.15, -0.1) is 0 Å². The van der Waals surface area contributed by atoms with E-state index >= 15 is 0 Å². The van der Waals surface area contributed by atoms with Crippen LogP contribution >= 0.6 is 0 Å². The molecule has 0 amide bonds. The van der Waals surface area contributed by atoms with Crippen molar-refractivity contribution in [2.45, 2.75) is 6.54 Å².